The summed E-state index contributed by atoms with van der Waals surface area (Å²) in [6, 6.07) is 9.49. The number of ether oxygens (including phenoxy) is 1. The van der Waals surface area contributed by atoms with Gasteiger partial charge in [-0.25, -0.2) is 0 Å². The lowest BCUT2D eigenvalue weighted by atomic mass is 10.3. The second kappa shape index (κ2) is 4.99. The van der Waals surface area contributed by atoms with E-state index in [-0.39, 0.29) is 0 Å². The molecule has 2 aromatic rings. The van der Waals surface area contributed by atoms with Gasteiger partial charge in [0.25, 0.3) is 0 Å². The Morgan fingerprint density at radius 1 is 1.38 bits per heavy atom. The summed E-state index contributed by atoms with van der Waals surface area (Å²) in [4.78, 5) is 1.06. The summed E-state index contributed by atoms with van der Waals surface area (Å²) in [5.41, 5.74) is 6.39. The second-order valence-electron chi connectivity index (χ2n) is 3.28. The number of furan rings is 1. The van der Waals surface area contributed by atoms with Gasteiger partial charge in [0.15, 0.2) is 0 Å². The molecule has 0 fully saturated rings. The molecule has 3 nitrogen and oxygen atoms in total. The van der Waals surface area contributed by atoms with Gasteiger partial charge in [-0.05, 0) is 24.3 Å². The molecule has 0 unspecified atom stereocenters. The molecule has 0 aliphatic heterocycles. The molecule has 2 rings (SSSR count). The molecule has 0 radical (unpaired) electrons. The van der Waals surface area contributed by atoms with E-state index in [1.807, 2.05) is 30.3 Å². The lowest BCUT2D eigenvalue weighted by Crippen LogP contribution is -1.90. The van der Waals surface area contributed by atoms with Crippen LogP contribution in [0.25, 0.3) is 0 Å². The molecule has 4 heteroatoms. The molecule has 2 N–H and O–H groups in total. The molecule has 0 aliphatic rings. The average molecular weight is 235 g/mol. The monoisotopic (exact) mass is 235 g/mol. The van der Waals surface area contributed by atoms with Crippen molar-refractivity contribution in [1.29, 1.82) is 0 Å². The molecule has 0 spiro atoms. The van der Waals surface area contributed by atoms with Crippen LogP contribution in [-0.2, 0) is 5.75 Å². The fourth-order valence-corrected chi connectivity index (χ4v) is 2.26. The van der Waals surface area contributed by atoms with Crippen molar-refractivity contribution < 1.29 is 9.15 Å². The molecule has 0 atom stereocenters. The van der Waals surface area contributed by atoms with Crippen molar-refractivity contribution >= 4 is 17.4 Å². The van der Waals surface area contributed by atoms with Crippen molar-refractivity contribution in [1.82, 2.24) is 0 Å². The van der Waals surface area contributed by atoms with E-state index in [9.17, 15) is 0 Å². The van der Waals surface area contributed by atoms with Gasteiger partial charge in [-0.1, -0.05) is 0 Å². The largest absolute Gasteiger partial charge is 0.496 e. The summed E-state index contributed by atoms with van der Waals surface area (Å²) in [7, 11) is 1.64. The lowest BCUT2D eigenvalue weighted by Gasteiger charge is -2.07. The Kier molecular flexibility index (Phi) is 3.41. The molecule has 0 aliphatic carbocycles. The Morgan fingerprint density at radius 3 is 2.94 bits per heavy atom. The number of rotatable bonds is 4. The summed E-state index contributed by atoms with van der Waals surface area (Å²) in [5, 5.41) is 0. The predicted molar refractivity (Wildman–Crippen MR) is 65.7 cm³/mol. The zero-order valence-corrected chi connectivity index (χ0v) is 9.79. The topological polar surface area (TPSA) is 48.4 Å². The SMILES string of the molecule is COc1cc(N)ccc1SCc1ccco1. The first-order chi connectivity index (χ1) is 7.79. The van der Waals surface area contributed by atoms with Gasteiger partial charge >= 0.3 is 0 Å². The van der Waals surface area contributed by atoms with Crippen LogP contribution in [0.5, 0.6) is 5.75 Å². The van der Waals surface area contributed by atoms with Crippen LogP contribution < -0.4 is 10.5 Å². The third kappa shape index (κ3) is 2.52. The third-order valence-electron chi connectivity index (χ3n) is 2.14. The maximum absolute atomic E-state index is 5.69. The zero-order valence-electron chi connectivity index (χ0n) is 8.97. The first kappa shape index (κ1) is 11.0. The quantitative estimate of drug-likeness (QED) is 0.653. The number of methoxy groups -OCH3 is 1. The summed E-state index contributed by atoms with van der Waals surface area (Å²) >= 11 is 1.66. The second-order valence-corrected chi connectivity index (χ2v) is 4.30. The van der Waals surface area contributed by atoms with E-state index in [1.165, 1.54) is 0 Å². The van der Waals surface area contributed by atoms with Crippen LogP contribution in [-0.4, -0.2) is 7.11 Å². The van der Waals surface area contributed by atoms with Crippen LogP contribution in [0.15, 0.2) is 45.9 Å². The molecule has 84 valence electrons. The summed E-state index contributed by atoms with van der Waals surface area (Å²) in [6.07, 6.45) is 1.68. The van der Waals surface area contributed by atoms with Gasteiger partial charge in [0, 0.05) is 16.6 Å². The van der Waals surface area contributed by atoms with Crippen LogP contribution >= 0.6 is 11.8 Å². The number of anilines is 1. The standard InChI is InChI=1S/C12H13NO2S/c1-14-11-7-9(13)4-5-12(11)16-8-10-3-2-6-15-10/h2-7H,8,13H2,1H3. The lowest BCUT2D eigenvalue weighted by molar-refractivity contribution is 0.405. The van der Waals surface area contributed by atoms with E-state index in [4.69, 9.17) is 14.9 Å². The normalized spacial score (nSPS) is 10.3. The molecule has 0 bridgehead atoms. The van der Waals surface area contributed by atoms with Crippen LogP contribution in [0, 0.1) is 0 Å². The molecular weight excluding hydrogens is 222 g/mol. The smallest absolute Gasteiger partial charge is 0.134 e. The van der Waals surface area contributed by atoms with Gasteiger partial charge in [0.05, 0.1) is 19.1 Å². The molecule has 16 heavy (non-hydrogen) atoms. The van der Waals surface area contributed by atoms with Crippen molar-refractivity contribution in [3.05, 3.63) is 42.4 Å². The summed E-state index contributed by atoms with van der Waals surface area (Å²) < 4.78 is 10.5. The fraction of sp³-hybridized carbons (Fsp3) is 0.167. The maximum atomic E-state index is 5.69. The number of hydrogen-bond donors (Lipinski definition) is 1. The van der Waals surface area contributed by atoms with Gasteiger partial charge in [0.1, 0.15) is 11.5 Å². The number of benzene rings is 1. The molecule has 0 amide bonds. The van der Waals surface area contributed by atoms with Crippen LogP contribution in [0.2, 0.25) is 0 Å². The van der Waals surface area contributed by atoms with E-state index in [0.29, 0.717) is 5.69 Å². The summed E-state index contributed by atoms with van der Waals surface area (Å²) in [5.74, 6) is 2.54. The first-order valence-corrected chi connectivity index (χ1v) is 5.87. The highest BCUT2D eigenvalue weighted by atomic mass is 32.2. The third-order valence-corrected chi connectivity index (χ3v) is 3.21. The van der Waals surface area contributed by atoms with Crippen molar-refractivity contribution in [2.24, 2.45) is 0 Å². The minimum absolute atomic E-state index is 0.708. The van der Waals surface area contributed by atoms with E-state index in [0.717, 1.165) is 22.2 Å². The van der Waals surface area contributed by atoms with Crippen LogP contribution in [0.1, 0.15) is 5.76 Å². The number of nitrogens with two attached hydrogens (primary N) is 1. The highest BCUT2D eigenvalue weighted by Crippen LogP contribution is 2.33. The average Bonchev–Trinajstić information content (AvgIpc) is 2.80. The molecule has 1 aromatic heterocycles. The molecule has 0 saturated heterocycles. The predicted octanol–water partition coefficient (Wildman–Crippen LogP) is 3.16. The van der Waals surface area contributed by atoms with Crippen molar-refractivity contribution in [3.8, 4) is 5.75 Å². The van der Waals surface area contributed by atoms with Gasteiger partial charge in [-0.15, -0.1) is 11.8 Å². The van der Waals surface area contributed by atoms with Crippen LogP contribution in [0.3, 0.4) is 0 Å². The molecule has 0 saturated carbocycles. The molecular formula is C12H13NO2S. The van der Waals surface area contributed by atoms with E-state index in [2.05, 4.69) is 0 Å². The Bertz CT molecular complexity index is 454. The molecule has 1 aromatic carbocycles. The fourth-order valence-electron chi connectivity index (χ4n) is 1.35. The van der Waals surface area contributed by atoms with Crippen molar-refractivity contribution in [2.75, 3.05) is 12.8 Å². The van der Waals surface area contributed by atoms with Crippen molar-refractivity contribution in [2.45, 2.75) is 10.6 Å². The minimum Gasteiger partial charge on any atom is -0.496 e. The highest BCUT2D eigenvalue weighted by molar-refractivity contribution is 7.98. The number of nitrogen functional groups attached to an aromatic ring is 1. The highest BCUT2D eigenvalue weighted by Gasteiger charge is 2.05. The minimum atomic E-state index is 0.708. The van der Waals surface area contributed by atoms with Gasteiger partial charge in [-0.3, -0.25) is 0 Å². The van der Waals surface area contributed by atoms with Crippen molar-refractivity contribution in [3.63, 3.8) is 0 Å². The zero-order chi connectivity index (χ0) is 11.4. The van der Waals surface area contributed by atoms with Gasteiger partial charge in [0.2, 0.25) is 0 Å². The number of thioether (sulfide) groups is 1. The Hall–Kier alpha value is -1.55. The van der Waals surface area contributed by atoms with Crippen LogP contribution in [0.4, 0.5) is 5.69 Å². The number of hydrogen-bond acceptors (Lipinski definition) is 4. The summed E-state index contributed by atoms with van der Waals surface area (Å²) in [6.45, 7) is 0. The Morgan fingerprint density at radius 2 is 2.25 bits per heavy atom. The van der Waals surface area contributed by atoms with Gasteiger partial charge in [-0.2, -0.15) is 0 Å². The van der Waals surface area contributed by atoms with Gasteiger partial charge < -0.3 is 14.9 Å². The maximum Gasteiger partial charge on any atom is 0.134 e. The molecule has 1 heterocycles. The van der Waals surface area contributed by atoms with E-state index < -0.39 is 0 Å². The van der Waals surface area contributed by atoms with E-state index >= 15 is 0 Å². The van der Waals surface area contributed by atoms with E-state index in [1.54, 1.807) is 25.1 Å². The Labute approximate surface area is 98.6 Å². The Balaban J connectivity index is 2.09. The first-order valence-electron chi connectivity index (χ1n) is 4.88.